The molecule has 2 rings (SSSR count). The topological polar surface area (TPSA) is 119 Å². The number of nitrogens with one attached hydrogen (secondary N) is 4. The Bertz CT molecular complexity index is 626. The molecule has 9 heteroatoms. The number of ether oxygens (including phenoxy) is 1. The molecule has 2 heterocycles. The molecule has 0 aliphatic carbocycles. The van der Waals surface area contributed by atoms with E-state index in [0.29, 0.717) is 26.2 Å². The summed E-state index contributed by atoms with van der Waals surface area (Å²) < 4.78 is 5.42. The summed E-state index contributed by atoms with van der Waals surface area (Å²) in [7, 11) is 1.90. The van der Waals surface area contributed by atoms with E-state index in [1.165, 1.54) is 4.90 Å². The lowest BCUT2D eigenvalue weighted by atomic mass is 10.0. The third-order valence-electron chi connectivity index (χ3n) is 5.44. The molecule has 1 unspecified atom stereocenters. The number of urea groups is 1. The number of hydrazine groups is 1. The monoisotopic (exact) mass is 407 g/mol. The highest BCUT2D eigenvalue weighted by molar-refractivity contribution is 6.08. The van der Waals surface area contributed by atoms with Gasteiger partial charge in [0.1, 0.15) is 5.84 Å². The van der Waals surface area contributed by atoms with Crippen LogP contribution in [0.1, 0.15) is 39.5 Å². The summed E-state index contributed by atoms with van der Waals surface area (Å²) in [6, 6.07) is -0.106. The summed E-state index contributed by atoms with van der Waals surface area (Å²) in [5, 5.41) is 16.9. The van der Waals surface area contributed by atoms with Gasteiger partial charge in [0.25, 0.3) is 0 Å². The van der Waals surface area contributed by atoms with Gasteiger partial charge in [0.2, 0.25) is 0 Å². The van der Waals surface area contributed by atoms with E-state index >= 15 is 0 Å². The predicted molar refractivity (Wildman–Crippen MR) is 115 cm³/mol. The molecule has 0 aromatic heterocycles. The van der Waals surface area contributed by atoms with Crippen molar-refractivity contribution in [2.75, 3.05) is 46.4 Å². The highest BCUT2D eigenvalue weighted by atomic mass is 16.5. The van der Waals surface area contributed by atoms with Crippen molar-refractivity contribution in [2.45, 2.75) is 45.6 Å². The van der Waals surface area contributed by atoms with Crippen LogP contribution in [0.2, 0.25) is 0 Å². The highest BCUT2D eigenvalue weighted by Gasteiger charge is 2.32. The van der Waals surface area contributed by atoms with Gasteiger partial charge in [-0.05, 0) is 51.0 Å². The third-order valence-corrected chi connectivity index (χ3v) is 5.44. The number of nitrogens with zero attached hydrogens (tertiary/aromatic N) is 2. The molecule has 29 heavy (non-hydrogen) atoms. The summed E-state index contributed by atoms with van der Waals surface area (Å²) in [5.41, 5.74) is 11.9. The van der Waals surface area contributed by atoms with E-state index in [4.69, 9.17) is 15.9 Å². The molecule has 2 saturated heterocycles. The Morgan fingerprint density at radius 3 is 2.62 bits per heavy atom. The Morgan fingerprint density at radius 1 is 1.31 bits per heavy atom. The summed E-state index contributed by atoms with van der Waals surface area (Å²) in [6.07, 6.45) is 4.69. The van der Waals surface area contributed by atoms with Crippen molar-refractivity contribution >= 4 is 11.9 Å². The number of rotatable bonds is 9. The molecule has 9 nitrogen and oxygen atoms in total. The first-order chi connectivity index (χ1) is 14.0. The van der Waals surface area contributed by atoms with E-state index in [2.05, 4.69) is 28.0 Å². The van der Waals surface area contributed by atoms with E-state index in [1.807, 2.05) is 14.0 Å². The molecule has 0 radical (unpaired) electrons. The van der Waals surface area contributed by atoms with Crippen LogP contribution < -0.4 is 21.8 Å². The SMILES string of the molecule is CCC(=C\N)/C(NN1CCOCC1)=C1\CCN(C(=O)NC(CC)CCNC)C1=N. The average molecular weight is 408 g/mol. The lowest BCUT2D eigenvalue weighted by molar-refractivity contribution is 0.0189. The normalized spacial score (nSPS) is 21.3. The van der Waals surface area contributed by atoms with Crippen LogP contribution >= 0.6 is 0 Å². The Hall–Kier alpha value is -2.10. The minimum atomic E-state index is -0.201. The zero-order valence-electron chi connectivity index (χ0n) is 18.0. The average Bonchev–Trinajstić information content (AvgIpc) is 3.13. The van der Waals surface area contributed by atoms with Crippen molar-refractivity contribution in [1.82, 2.24) is 26.0 Å². The van der Waals surface area contributed by atoms with Crippen molar-refractivity contribution < 1.29 is 9.53 Å². The minimum absolute atomic E-state index is 0.0943. The van der Waals surface area contributed by atoms with Gasteiger partial charge in [-0.1, -0.05) is 13.8 Å². The number of likely N-dealkylation sites (tertiary alicyclic amines) is 1. The van der Waals surface area contributed by atoms with Gasteiger partial charge in [-0.2, -0.15) is 0 Å². The van der Waals surface area contributed by atoms with Crippen LogP contribution in [0.15, 0.2) is 23.0 Å². The summed E-state index contributed by atoms with van der Waals surface area (Å²) >= 11 is 0. The smallest absolute Gasteiger partial charge is 0.323 e. The maximum Gasteiger partial charge on any atom is 0.323 e. The fourth-order valence-corrected chi connectivity index (χ4v) is 3.56. The molecule has 2 fully saturated rings. The number of amides is 2. The second-order valence-corrected chi connectivity index (χ2v) is 7.31. The molecular formula is C20H37N7O2. The summed E-state index contributed by atoms with van der Waals surface area (Å²) in [4.78, 5) is 14.3. The zero-order chi connectivity index (χ0) is 21.2. The van der Waals surface area contributed by atoms with E-state index in [1.54, 1.807) is 6.20 Å². The molecule has 0 aromatic carbocycles. The molecule has 164 valence electrons. The molecule has 2 amide bonds. The second kappa shape index (κ2) is 11.8. The van der Waals surface area contributed by atoms with Gasteiger partial charge in [-0.15, -0.1) is 0 Å². The fraction of sp³-hybridized carbons (Fsp3) is 0.700. The standard InChI is InChI=1S/C20H37N7O2/c1-4-15(14-21)18(25-26-10-12-29-13-11-26)17-7-9-27(19(17)22)20(28)24-16(5-2)6-8-23-3/h14,16,22-23,25H,4-13,21H2,1-3H3,(H,24,28)/b15-14+,18-17-,22-19?. The van der Waals surface area contributed by atoms with Crippen LogP contribution in [0.5, 0.6) is 0 Å². The number of allylic oxidation sites excluding steroid dienone is 1. The van der Waals surface area contributed by atoms with Crippen molar-refractivity contribution in [2.24, 2.45) is 5.73 Å². The molecule has 1 atom stereocenters. The van der Waals surface area contributed by atoms with E-state index in [9.17, 15) is 4.79 Å². The lowest BCUT2D eigenvalue weighted by Crippen LogP contribution is -2.47. The van der Waals surface area contributed by atoms with Crippen LogP contribution in [0, 0.1) is 5.41 Å². The van der Waals surface area contributed by atoms with Crippen LogP contribution in [-0.4, -0.2) is 74.3 Å². The minimum Gasteiger partial charge on any atom is -0.404 e. The van der Waals surface area contributed by atoms with E-state index in [-0.39, 0.29) is 17.9 Å². The van der Waals surface area contributed by atoms with Crippen LogP contribution in [0.4, 0.5) is 4.79 Å². The lowest BCUT2D eigenvalue weighted by Gasteiger charge is -2.30. The quantitative estimate of drug-likeness (QED) is 0.391. The number of carbonyl (C=O) groups excluding carboxylic acids is 1. The zero-order valence-corrected chi connectivity index (χ0v) is 18.0. The second-order valence-electron chi connectivity index (χ2n) is 7.31. The number of carbonyl (C=O) groups is 1. The van der Waals surface area contributed by atoms with Gasteiger partial charge in [0.05, 0.1) is 18.9 Å². The predicted octanol–water partition coefficient (Wildman–Crippen LogP) is 1.11. The van der Waals surface area contributed by atoms with Crippen LogP contribution in [0.25, 0.3) is 0 Å². The van der Waals surface area contributed by atoms with Gasteiger partial charge >= 0.3 is 6.03 Å². The van der Waals surface area contributed by atoms with Gasteiger partial charge in [-0.25, -0.2) is 9.80 Å². The largest absolute Gasteiger partial charge is 0.404 e. The summed E-state index contributed by atoms with van der Waals surface area (Å²) in [6.45, 7) is 8.30. The fourth-order valence-electron chi connectivity index (χ4n) is 3.56. The first-order valence-electron chi connectivity index (χ1n) is 10.6. The molecule has 6 N–H and O–H groups in total. The Balaban J connectivity index is 2.16. The van der Waals surface area contributed by atoms with Crippen molar-refractivity contribution in [1.29, 1.82) is 5.41 Å². The number of amidine groups is 1. The third kappa shape index (κ3) is 6.19. The first kappa shape index (κ1) is 23.2. The Labute approximate surface area is 174 Å². The first-order valence-corrected chi connectivity index (χ1v) is 10.6. The maximum absolute atomic E-state index is 12.8. The van der Waals surface area contributed by atoms with Gasteiger partial charge in [0, 0.05) is 31.2 Å². The van der Waals surface area contributed by atoms with E-state index < -0.39 is 0 Å². The molecule has 0 aromatic rings. The molecule has 0 saturated carbocycles. The van der Waals surface area contributed by atoms with Crippen LogP contribution in [-0.2, 0) is 4.74 Å². The molecular weight excluding hydrogens is 370 g/mol. The molecule has 0 spiro atoms. The van der Waals surface area contributed by atoms with Crippen molar-refractivity contribution in [3.63, 3.8) is 0 Å². The Morgan fingerprint density at radius 2 is 2.03 bits per heavy atom. The number of hydrogen-bond donors (Lipinski definition) is 5. The maximum atomic E-state index is 12.8. The molecule has 0 bridgehead atoms. The number of hydrogen-bond acceptors (Lipinski definition) is 7. The number of morpholine rings is 1. The molecule has 2 aliphatic rings. The van der Waals surface area contributed by atoms with Gasteiger partial charge in [0.15, 0.2) is 0 Å². The highest BCUT2D eigenvalue weighted by Crippen LogP contribution is 2.26. The van der Waals surface area contributed by atoms with Gasteiger partial charge < -0.3 is 26.5 Å². The van der Waals surface area contributed by atoms with Gasteiger partial charge in [-0.3, -0.25) is 10.3 Å². The van der Waals surface area contributed by atoms with E-state index in [0.717, 1.165) is 55.7 Å². The molecule has 2 aliphatic heterocycles. The van der Waals surface area contributed by atoms with Crippen LogP contribution in [0.3, 0.4) is 0 Å². The summed E-state index contributed by atoms with van der Waals surface area (Å²) in [5.74, 6) is 0.245. The Kier molecular flexibility index (Phi) is 9.43. The van der Waals surface area contributed by atoms with Crippen molar-refractivity contribution in [3.8, 4) is 0 Å². The van der Waals surface area contributed by atoms with Crippen molar-refractivity contribution in [3.05, 3.63) is 23.0 Å². The number of nitrogens with two attached hydrogens (primary N) is 1.